The lowest BCUT2D eigenvalue weighted by Gasteiger charge is -2.05. The maximum Gasteiger partial charge on any atom is 0.276 e. The molecule has 0 fully saturated rings. The van der Waals surface area contributed by atoms with Gasteiger partial charge in [-0.25, -0.2) is 13.9 Å². The molecular formula is C19H20FN7O2. The summed E-state index contributed by atoms with van der Waals surface area (Å²) >= 11 is 0. The van der Waals surface area contributed by atoms with Crippen molar-refractivity contribution in [3.63, 3.8) is 0 Å². The summed E-state index contributed by atoms with van der Waals surface area (Å²) in [6.45, 7) is 5.60. The van der Waals surface area contributed by atoms with Gasteiger partial charge >= 0.3 is 0 Å². The number of hydrogen-bond donors (Lipinski definition) is 3. The van der Waals surface area contributed by atoms with Crippen molar-refractivity contribution in [3.05, 3.63) is 51.5 Å². The van der Waals surface area contributed by atoms with Crippen molar-refractivity contribution in [2.24, 2.45) is 0 Å². The van der Waals surface area contributed by atoms with Crippen LogP contribution >= 0.6 is 0 Å². The van der Waals surface area contributed by atoms with E-state index in [2.05, 4.69) is 30.6 Å². The fourth-order valence-electron chi connectivity index (χ4n) is 3.20. The molecule has 0 aliphatic rings. The SMILES string of the molecule is Cc1nc2c3c(F)cccc3[nH]n2c(=O)c1CCC(=O)Nc1n[nH]c(C(C)C)n1. The van der Waals surface area contributed by atoms with E-state index in [9.17, 15) is 14.0 Å². The molecule has 0 saturated carbocycles. The number of carbonyl (C=O) groups is 1. The highest BCUT2D eigenvalue weighted by Gasteiger charge is 2.17. The molecule has 0 radical (unpaired) electrons. The van der Waals surface area contributed by atoms with E-state index in [1.165, 1.54) is 10.6 Å². The molecule has 4 aromatic rings. The number of carbonyl (C=O) groups excluding carboxylic acids is 1. The topological polar surface area (TPSA) is 121 Å². The van der Waals surface area contributed by atoms with Crippen molar-refractivity contribution < 1.29 is 9.18 Å². The van der Waals surface area contributed by atoms with Gasteiger partial charge in [-0.05, 0) is 25.5 Å². The number of hydrogen-bond acceptors (Lipinski definition) is 5. The van der Waals surface area contributed by atoms with Crippen molar-refractivity contribution in [1.82, 2.24) is 29.8 Å². The van der Waals surface area contributed by atoms with E-state index in [0.29, 0.717) is 22.6 Å². The first-order valence-corrected chi connectivity index (χ1v) is 9.25. The summed E-state index contributed by atoms with van der Waals surface area (Å²) in [5.74, 6) is 0.273. The number of benzene rings is 1. The Hall–Kier alpha value is -3.56. The van der Waals surface area contributed by atoms with Crippen LogP contribution in [0.4, 0.5) is 10.3 Å². The highest BCUT2D eigenvalue weighted by atomic mass is 19.1. The van der Waals surface area contributed by atoms with E-state index in [0.717, 1.165) is 0 Å². The second-order valence-corrected chi connectivity index (χ2v) is 7.16. The lowest BCUT2D eigenvalue weighted by molar-refractivity contribution is -0.116. The van der Waals surface area contributed by atoms with E-state index in [1.807, 2.05) is 13.8 Å². The predicted molar refractivity (Wildman–Crippen MR) is 105 cm³/mol. The lowest BCUT2D eigenvalue weighted by Crippen LogP contribution is -2.23. The van der Waals surface area contributed by atoms with Gasteiger partial charge in [-0.15, -0.1) is 5.10 Å². The summed E-state index contributed by atoms with van der Waals surface area (Å²) in [5, 5.41) is 12.5. The van der Waals surface area contributed by atoms with E-state index in [1.54, 1.807) is 19.1 Å². The Balaban J connectivity index is 1.57. The van der Waals surface area contributed by atoms with Gasteiger partial charge in [-0.2, -0.15) is 4.98 Å². The third-order valence-corrected chi connectivity index (χ3v) is 4.76. The Kier molecular flexibility index (Phi) is 4.61. The van der Waals surface area contributed by atoms with Crippen LogP contribution in [-0.4, -0.2) is 35.7 Å². The Morgan fingerprint density at radius 2 is 2.10 bits per heavy atom. The monoisotopic (exact) mass is 397 g/mol. The van der Waals surface area contributed by atoms with E-state index in [4.69, 9.17) is 0 Å². The van der Waals surface area contributed by atoms with Gasteiger partial charge in [0.05, 0.1) is 10.9 Å². The first kappa shape index (κ1) is 18.8. The second kappa shape index (κ2) is 7.12. The molecule has 3 heterocycles. The van der Waals surface area contributed by atoms with Gasteiger partial charge in [-0.3, -0.25) is 25.1 Å². The van der Waals surface area contributed by atoms with E-state index < -0.39 is 5.82 Å². The molecule has 4 rings (SSSR count). The summed E-state index contributed by atoms with van der Waals surface area (Å²) in [6, 6.07) is 4.56. The number of rotatable bonds is 5. The summed E-state index contributed by atoms with van der Waals surface area (Å²) in [7, 11) is 0. The minimum absolute atomic E-state index is 0.0595. The number of H-pyrrole nitrogens is 2. The minimum Gasteiger partial charge on any atom is -0.293 e. The highest BCUT2D eigenvalue weighted by Crippen LogP contribution is 2.21. The Morgan fingerprint density at radius 3 is 2.83 bits per heavy atom. The third kappa shape index (κ3) is 3.37. The van der Waals surface area contributed by atoms with Crippen LogP contribution in [0.3, 0.4) is 0 Å². The number of fused-ring (bicyclic) bond motifs is 3. The van der Waals surface area contributed by atoms with Gasteiger partial charge in [0.2, 0.25) is 11.9 Å². The maximum atomic E-state index is 14.2. The van der Waals surface area contributed by atoms with Crippen LogP contribution in [0, 0.1) is 12.7 Å². The molecule has 0 bridgehead atoms. The molecule has 9 nitrogen and oxygen atoms in total. The van der Waals surface area contributed by atoms with Crippen molar-refractivity contribution in [2.75, 3.05) is 5.32 Å². The summed E-state index contributed by atoms with van der Waals surface area (Å²) in [4.78, 5) is 33.7. The summed E-state index contributed by atoms with van der Waals surface area (Å²) in [5.41, 5.74) is 1.22. The molecule has 10 heteroatoms. The molecule has 0 aliphatic carbocycles. The number of halogens is 1. The summed E-state index contributed by atoms with van der Waals surface area (Å²) in [6.07, 6.45) is 0.246. The van der Waals surface area contributed by atoms with E-state index in [-0.39, 0.29) is 47.2 Å². The van der Waals surface area contributed by atoms with Crippen LogP contribution in [0.2, 0.25) is 0 Å². The zero-order chi connectivity index (χ0) is 20.7. The van der Waals surface area contributed by atoms with Crippen molar-refractivity contribution in [3.8, 4) is 0 Å². The second-order valence-electron chi connectivity index (χ2n) is 7.16. The van der Waals surface area contributed by atoms with Gasteiger partial charge in [-0.1, -0.05) is 19.9 Å². The number of aromatic amines is 2. The number of anilines is 1. The fourth-order valence-corrected chi connectivity index (χ4v) is 3.20. The standard InChI is InChI=1S/C19H20FN7O2/c1-9(2)16-23-19(25-24-16)22-14(28)8-7-11-10(3)21-17-15-12(20)5-4-6-13(15)26-27(17)18(11)29/h4-6,9,26H,7-8H2,1-3H3,(H2,22,23,24,25,28). The molecule has 3 aromatic heterocycles. The number of aryl methyl sites for hydroxylation is 1. The van der Waals surface area contributed by atoms with Crippen molar-refractivity contribution in [1.29, 1.82) is 0 Å². The highest BCUT2D eigenvalue weighted by molar-refractivity contribution is 5.92. The number of nitrogens with zero attached hydrogens (tertiary/aromatic N) is 4. The molecule has 0 aliphatic heterocycles. The van der Waals surface area contributed by atoms with Crippen LogP contribution in [0.1, 0.15) is 43.3 Å². The molecule has 0 unspecified atom stereocenters. The Morgan fingerprint density at radius 1 is 1.31 bits per heavy atom. The average molecular weight is 397 g/mol. The van der Waals surface area contributed by atoms with Crippen LogP contribution in [0.5, 0.6) is 0 Å². The minimum atomic E-state index is -0.452. The van der Waals surface area contributed by atoms with Gasteiger partial charge in [0.1, 0.15) is 11.6 Å². The first-order chi connectivity index (χ1) is 13.8. The normalized spacial score (nSPS) is 11.6. The third-order valence-electron chi connectivity index (χ3n) is 4.76. The number of amides is 1. The molecule has 29 heavy (non-hydrogen) atoms. The lowest BCUT2D eigenvalue weighted by atomic mass is 10.1. The zero-order valence-electron chi connectivity index (χ0n) is 16.2. The molecular weight excluding hydrogens is 377 g/mol. The zero-order valence-corrected chi connectivity index (χ0v) is 16.2. The molecule has 0 atom stereocenters. The van der Waals surface area contributed by atoms with Crippen molar-refractivity contribution >= 4 is 28.4 Å². The average Bonchev–Trinajstić information content (AvgIpc) is 3.27. The largest absolute Gasteiger partial charge is 0.293 e. The van der Waals surface area contributed by atoms with Crippen LogP contribution < -0.4 is 10.9 Å². The molecule has 0 spiro atoms. The van der Waals surface area contributed by atoms with Crippen LogP contribution in [-0.2, 0) is 11.2 Å². The van der Waals surface area contributed by atoms with Crippen LogP contribution in [0.15, 0.2) is 23.0 Å². The quantitative estimate of drug-likeness (QED) is 0.478. The summed E-state index contributed by atoms with van der Waals surface area (Å²) < 4.78 is 15.4. The fraction of sp³-hybridized carbons (Fsp3) is 0.316. The molecule has 1 aromatic carbocycles. The van der Waals surface area contributed by atoms with Gasteiger partial charge in [0, 0.05) is 23.6 Å². The van der Waals surface area contributed by atoms with Crippen LogP contribution in [0.25, 0.3) is 16.6 Å². The molecule has 1 amide bonds. The maximum absolute atomic E-state index is 14.2. The van der Waals surface area contributed by atoms with Crippen molar-refractivity contribution in [2.45, 2.75) is 39.5 Å². The number of aromatic nitrogens is 6. The number of nitrogens with one attached hydrogen (secondary N) is 3. The van der Waals surface area contributed by atoms with Gasteiger partial charge in [0.25, 0.3) is 5.56 Å². The Labute approximate surface area is 164 Å². The van der Waals surface area contributed by atoms with Gasteiger partial charge < -0.3 is 0 Å². The Bertz CT molecular complexity index is 1290. The van der Waals surface area contributed by atoms with E-state index >= 15 is 0 Å². The predicted octanol–water partition coefficient (Wildman–Crippen LogP) is 2.44. The first-order valence-electron chi connectivity index (χ1n) is 9.25. The van der Waals surface area contributed by atoms with Gasteiger partial charge in [0.15, 0.2) is 5.65 Å². The molecule has 3 N–H and O–H groups in total. The smallest absolute Gasteiger partial charge is 0.276 e. The molecule has 150 valence electrons. The molecule has 0 saturated heterocycles.